The Balaban J connectivity index is 1.82. The number of methoxy groups -OCH3 is 1. The third kappa shape index (κ3) is 8.08. The van der Waals surface area contributed by atoms with E-state index >= 15 is 0 Å². The SMILES string of the molecule is CC[C@@H](O)[C@@](C)(O)[C@@H]1OC(=O)C(C)C(O[C@@H]2C[C@](C)(OC)[C@H](O)[C@H](C)O2)[C@H](C)[C@@H](O[C@H]2O[C@@H](C)C[C@@H](N(C)C)[C@@H]2O)[C@@]2(C)C[C@@H](C)[C@H](O2)[C@@H]1C. The highest BCUT2D eigenvalue weighted by atomic mass is 16.7. The summed E-state index contributed by atoms with van der Waals surface area (Å²) in [7, 11) is 5.37. The number of hydrogen-bond donors (Lipinski definition) is 4. The highest BCUT2D eigenvalue weighted by molar-refractivity contribution is 5.73. The fourth-order valence-electron chi connectivity index (χ4n) is 9.20. The largest absolute Gasteiger partial charge is 0.459 e. The second-order valence-electron chi connectivity index (χ2n) is 16.8. The molecule has 0 aromatic carbocycles. The first-order chi connectivity index (χ1) is 23.1. The average Bonchev–Trinajstić information content (AvgIpc) is 3.36. The predicted molar refractivity (Wildman–Crippen MR) is 184 cm³/mol. The van der Waals surface area contributed by atoms with Crippen molar-refractivity contribution in [3.8, 4) is 0 Å². The lowest BCUT2D eigenvalue weighted by molar-refractivity contribution is -0.318. The Morgan fingerprint density at radius 3 is 2.24 bits per heavy atom. The molecule has 292 valence electrons. The molecule has 50 heavy (non-hydrogen) atoms. The van der Waals surface area contributed by atoms with Gasteiger partial charge in [-0.15, -0.1) is 0 Å². The van der Waals surface area contributed by atoms with Gasteiger partial charge in [0.1, 0.15) is 23.9 Å². The van der Waals surface area contributed by atoms with Crippen LogP contribution in [0, 0.1) is 23.7 Å². The molecule has 4 rings (SSSR count). The third-order valence-corrected chi connectivity index (χ3v) is 12.4. The molecule has 13 nitrogen and oxygen atoms in total. The molecule has 0 aromatic rings. The zero-order valence-electron chi connectivity index (χ0n) is 32.6. The summed E-state index contributed by atoms with van der Waals surface area (Å²) in [6, 6.07) is -0.213. The fourth-order valence-corrected chi connectivity index (χ4v) is 9.20. The number of rotatable bonds is 9. The van der Waals surface area contributed by atoms with Crippen LogP contribution in [0.25, 0.3) is 0 Å². The normalized spacial score (nSPS) is 49.6. The lowest BCUT2D eigenvalue weighted by atomic mass is 9.76. The molecular weight excluding hydrogens is 650 g/mol. The summed E-state index contributed by atoms with van der Waals surface area (Å²) in [5.41, 5.74) is -3.72. The number of carbonyl (C=O) groups excluding carboxylic acids is 1. The Labute approximate surface area is 299 Å². The van der Waals surface area contributed by atoms with Crippen LogP contribution < -0.4 is 0 Å². The van der Waals surface area contributed by atoms with E-state index in [9.17, 15) is 25.2 Å². The highest BCUT2D eigenvalue weighted by Crippen LogP contribution is 2.48. The van der Waals surface area contributed by atoms with Gasteiger partial charge in [-0.2, -0.15) is 0 Å². The Morgan fingerprint density at radius 2 is 1.66 bits per heavy atom. The van der Waals surface area contributed by atoms with Crippen LogP contribution in [0.5, 0.6) is 0 Å². The quantitative estimate of drug-likeness (QED) is 0.258. The van der Waals surface area contributed by atoms with E-state index in [1.807, 2.05) is 46.7 Å². The van der Waals surface area contributed by atoms with Crippen molar-refractivity contribution in [1.82, 2.24) is 4.90 Å². The van der Waals surface area contributed by atoms with Crippen molar-refractivity contribution in [2.45, 2.75) is 185 Å². The molecule has 0 saturated carbocycles. The molecular formula is C37H67NO12. The molecule has 0 aliphatic carbocycles. The molecule has 2 unspecified atom stereocenters. The van der Waals surface area contributed by atoms with Crippen LogP contribution in [0.15, 0.2) is 0 Å². The van der Waals surface area contributed by atoms with Gasteiger partial charge in [-0.1, -0.05) is 27.7 Å². The second kappa shape index (κ2) is 15.8. The van der Waals surface area contributed by atoms with Gasteiger partial charge in [0.25, 0.3) is 0 Å². The summed E-state index contributed by atoms with van der Waals surface area (Å²) in [4.78, 5) is 16.3. The monoisotopic (exact) mass is 717 g/mol. The molecule has 0 radical (unpaired) electrons. The maximum Gasteiger partial charge on any atom is 0.311 e. The van der Waals surface area contributed by atoms with Gasteiger partial charge in [0.2, 0.25) is 0 Å². The number of likely N-dealkylation sites (N-methyl/N-ethyl adjacent to an activating group) is 1. The predicted octanol–water partition coefficient (Wildman–Crippen LogP) is 2.62. The first kappa shape index (κ1) is 41.8. The Bertz CT molecular complexity index is 1140. The van der Waals surface area contributed by atoms with Crippen molar-refractivity contribution in [3.05, 3.63) is 0 Å². The molecule has 4 fully saturated rings. The van der Waals surface area contributed by atoms with E-state index in [0.717, 1.165) is 0 Å². The molecule has 4 N–H and O–H groups in total. The summed E-state index contributed by atoms with van der Waals surface area (Å²) < 4.78 is 45.1. The molecule has 0 aromatic heterocycles. The van der Waals surface area contributed by atoms with Gasteiger partial charge in [0.05, 0.1) is 53.7 Å². The molecule has 4 heterocycles. The summed E-state index contributed by atoms with van der Waals surface area (Å²) in [5, 5.41) is 45.2. The van der Waals surface area contributed by atoms with E-state index in [1.54, 1.807) is 27.7 Å². The Morgan fingerprint density at radius 1 is 1.02 bits per heavy atom. The minimum Gasteiger partial charge on any atom is -0.459 e. The molecule has 0 spiro atoms. The van der Waals surface area contributed by atoms with Gasteiger partial charge in [-0.25, -0.2) is 0 Å². The standard InChI is InChI=1S/C37H67NO12/c1-14-25(39)37(10,43)32-20(4)28-18(2)16-36(9,50-28)31(49-34-27(40)24(38(11)12)15-19(3)45-34)21(5)29(22(6)33(42)48-32)47-26-17-35(8,44-13)30(41)23(7)46-26/h18-32,34,39-41,43H,14-17H2,1-13H3/t18-,19+,20+,21+,22?,23+,24-,25-,26-,27+,28+,29?,30-,31-,32-,34-,35+,36-,37-/m1/s1. The van der Waals surface area contributed by atoms with Gasteiger partial charge in [-0.3, -0.25) is 4.79 Å². The zero-order chi connectivity index (χ0) is 37.7. The lowest BCUT2D eigenvalue weighted by Crippen LogP contribution is -2.60. The molecule has 4 aliphatic heterocycles. The second-order valence-corrected chi connectivity index (χ2v) is 16.8. The van der Waals surface area contributed by atoms with Crippen LogP contribution in [-0.2, 0) is 38.0 Å². The topological polar surface area (TPSA) is 166 Å². The first-order valence-electron chi connectivity index (χ1n) is 18.6. The van der Waals surface area contributed by atoms with Crippen molar-refractivity contribution in [3.63, 3.8) is 0 Å². The first-order valence-corrected chi connectivity index (χ1v) is 18.6. The number of carbonyl (C=O) groups is 1. The molecule has 0 amide bonds. The molecule has 4 saturated heterocycles. The van der Waals surface area contributed by atoms with E-state index in [4.69, 9.17) is 33.2 Å². The maximum atomic E-state index is 14.3. The molecule has 4 aliphatic rings. The molecule has 19 atom stereocenters. The van der Waals surface area contributed by atoms with Crippen molar-refractivity contribution in [1.29, 1.82) is 0 Å². The fraction of sp³-hybridized carbons (Fsp3) is 0.973. The van der Waals surface area contributed by atoms with E-state index in [1.165, 1.54) is 14.0 Å². The number of nitrogens with zero attached hydrogens (tertiary/aromatic N) is 1. The van der Waals surface area contributed by atoms with E-state index in [0.29, 0.717) is 12.8 Å². The van der Waals surface area contributed by atoms with Crippen molar-refractivity contribution >= 4 is 5.97 Å². The number of esters is 1. The number of aliphatic hydroxyl groups excluding tert-OH is 3. The van der Waals surface area contributed by atoms with Crippen LogP contribution in [0.2, 0.25) is 0 Å². The maximum absolute atomic E-state index is 14.3. The zero-order valence-corrected chi connectivity index (χ0v) is 32.6. The average molecular weight is 718 g/mol. The summed E-state index contributed by atoms with van der Waals surface area (Å²) in [6.07, 6.45) is -7.36. The van der Waals surface area contributed by atoms with E-state index in [-0.39, 0.29) is 30.9 Å². The van der Waals surface area contributed by atoms with E-state index in [2.05, 4.69) is 6.92 Å². The number of fused-ring (bicyclic) bond motifs is 2. The molecule has 13 heteroatoms. The van der Waals surface area contributed by atoms with Gasteiger partial charge in [0.15, 0.2) is 12.6 Å². The summed E-state index contributed by atoms with van der Waals surface area (Å²) in [5.74, 6) is -2.67. The van der Waals surface area contributed by atoms with Gasteiger partial charge in [0, 0.05) is 31.4 Å². The van der Waals surface area contributed by atoms with Gasteiger partial charge >= 0.3 is 5.97 Å². The van der Waals surface area contributed by atoms with Gasteiger partial charge in [-0.05, 0) is 80.8 Å². The Kier molecular flexibility index (Phi) is 13.2. The van der Waals surface area contributed by atoms with Crippen LogP contribution in [0.1, 0.15) is 94.9 Å². The van der Waals surface area contributed by atoms with Crippen LogP contribution >= 0.6 is 0 Å². The number of ether oxygens (including phenoxy) is 7. The summed E-state index contributed by atoms with van der Waals surface area (Å²) in [6.45, 7) is 18.3. The minimum atomic E-state index is -1.78. The smallest absolute Gasteiger partial charge is 0.311 e. The van der Waals surface area contributed by atoms with Crippen LogP contribution in [-0.4, -0.2) is 143 Å². The third-order valence-electron chi connectivity index (χ3n) is 12.4. The van der Waals surface area contributed by atoms with E-state index < -0.39 is 102 Å². The highest BCUT2D eigenvalue weighted by Gasteiger charge is 2.59. The van der Waals surface area contributed by atoms with Crippen LogP contribution in [0.3, 0.4) is 0 Å². The molecule has 2 bridgehead atoms. The number of cyclic esters (lactones) is 1. The summed E-state index contributed by atoms with van der Waals surface area (Å²) >= 11 is 0. The van der Waals surface area contributed by atoms with Crippen molar-refractivity contribution in [2.75, 3.05) is 21.2 Å². The van der Waals surface area contributed by atoms with Gasteiger partial charge < -0.3 is 58.5 Å². The van der Waals surface area contributed by atoms with Crippen molar-refractivity contribution < 1.29 is 58.4 Å². The number of hydrogen-bond acceptors (Lipinski definition) is 13. The van der Waals surface area contributed by atoms with Crippen molar-refractivity contribution in [2.24, 2.45) is 23.7 Å². The Hall–Kier alpha value is -0.970. The number of aliphatic hydroxyl groups is 4. The minimum absolute atomic E-state index is 0.0580. The van der Waals surface area contributed by atoms with Crippen LogP contribution in [0.4, 0.5) is 0 Å². The lowest BCUT2D eigenvalue weighted by Gasteiger charge is -2.48.